The number of ether oxygens (including phenoxy) is 3. The van der Waals surface area contributed by atoms with Gasteiger partial charge in [-0.3, -0.25) is 4.79 Å². The van der Waals surface area contributed by atoms with Crippen LogP contribution in [0, 0.1) is 33.5 Å². The summed E-state index contributed by atoms with van der Waals surface area (Å²) in [6, 6.07) is 7.37. The second-order valence-corrected chi connectivity index (χ2v) is 15.6. The van der Waals surface area contributed by atoms with E-state index in [0.717, 1.165) is 50.5 Å². The number of allylic oxidation sites excluding steroid dienone is 4. The Morgan fingerprint density at radius 1 is 1.00 bits per heavy atom. The molecule has 1 amide bonds. The zero-order valence-corrected chi connectivity index (χ0v) is 27.9. The van der Waals surface area contributed by atoms with Crippen LogP contribution in [0.5, 0.6) is 5.75 Å². The van der Waals surface area contributed by atoms with Crippen molar-refractivity contribution in [3.05, 3.63) is 53.6 Å². The van der Waals surface area contributed by atoms with E-state index in [2.05, 4.69) is 32.1 Å². The Morgan fingerprint density at radius 3 is 2.41 bits per heavy atom. The Balaban J connectivity index is 1.30. The molecule has 2 N–H and O–H groups in total. The predicted octanol–water partition coefficient (Wildman–Crippen LogP) is 6.11. The Hall–Kier alpha value is -2.68. The molecule has 7 aliphatic rings. The molecule has 4 fully saturated rings. The molecule has 3 saturated carbocycles. The van der Waals surface area contributed by atoms with Gasteiger partial charge < -0.3 is 29.3 Å². The number of aliphatic hydroxyl groups is 2. The number of nitrogens with zero attached hydrogens (tertiary/aromatic N) is 1. The highest BCUT2D eigenvalue weighted by molar-refractivity contribution is 6.10. The first kappa shape index (κ1) is 31.9. The van der Waals surface area contributed by atoms with Crippen LogP contribution < -0.4 is 4.74 Å². The molecule has 0 radical (unpaired) electrons. The minimum Gasteiger partial charge on any atom is -0.497 e. The van der Waals surface area contributed by atoms with E-state index in [-0.39, 0.29) is 47.7 Å². The van der Waals surface area contributed by atoms with Crippen LogP contribution in [0.3, 0.4) is 0 Å². The van der Waals surface area contributed by atoms with Gasteiger partial charge in [0.15, 0.2) is 5.78 Å². The molecule has 8 rings (SSSR count). The maximum Gasteiger partial charge on any atom is 0.409 e. The Bertz CT molecular complexity index is 1430. The Kier molecular flexibility index (Phi) is 7.77. The van der Waals surface area contributed by atoms with Gasteiger partial charge in [-0.2, -0.15) is 0 Å². The van der Waals surface area contributed by atoms with Gasteiger partial charge in [0.25, 0.3) is 0 Å². The van der Waals surface area contributed by atoms with E-state index in [0.29, 0.717) is 37.3 Å². The highest BCUT2D eigenvalue weighted by Gasteiger charge is 2.74. The van der Waals surface area contributed by atoms with Crippen LogP contribution in [0.25, 0.3) is 0 Å². The van der Waals surface area contributed by atoms with E-state index in [1.54, 1.807) is 18.9 Å². The molecule has 1 aliphatic heterocycles. The third-order valence-corrected chi connectivity index (χ3v) is 13.7. The van der Waals surface area contributed by atoms with Gasteiger partial charge in [0.1, 0.15) is 5.75 Å². The SMILES string of the molecule is CCOC(=O)N(C[C@H]1CCCO1)C[C@]1(O)CC[C@H]2[C@]34C=C[C@@]5(C=C3C(=O)c3ccc(OC)cc3)CC(O)CC[C@]5(C)[C@H]4CC[C@@]21C. The highest BCUT2D eigenvalue weighted by atomic mass is 16.6. The van der Waals surface area contributed by atoms with Gasteiger partial charge >= 0.3 is 6.09 Å². The van der Waals surface area contributed by atoms with Gasteiger partial charge in [-0.15, -0.1) is 0 Å². The molecular weight excluding hydrogens is 582 g/mol. The first-order valence-electron chi connectivity index (χ1n) is 17.5. The number of aliphatic hydroxyl groups excluding tert-OH is 1. The number of amides is 1. The molecule has 1 unspecified atom stereocenters. The van der Waals surface area contributed by atoms with Crippen LogP contribution in [-0.4, -0.2) is 78.2 Å². The van der Waals surface area contributed by atoms with E-state index < -0.39 is 28.6 Å². The van der Waals surface area contributed by atoms with Crippen molar-refractivity contribution in [2.24, 2.45) is 33.5 Å². The molecular formula is C38H51NO7. The fourth-order valence-corrected chi connectivity index (χ4v) is 11.3. The normalized spacial score (nSPS) is 42.1. The fourth-order valence-electron chi connectivity index (χ4n) is 11.3. The maximum absolute atomic E-state index is 14.7. The first-order chi connectivity index (χ1) is 22.0. The molecule has 8 nitrogen and oxygen atoms in total. The molecule has 2 bridgehead atoms. The molecule has 1 saturated heterocycles. The largest absolute Gasteiger partial charge is 0.497 e. The smallest absolute Gasteiger partial charge is 0.409 e. The third-order valence-electron chi connectivity index (χ3n) is 13.7. The Morgan fingerprint density at radius 2 is 1.72 bits per heavy atom. The van der Waals surface area contributed by atoms with Crippen LogP contribution in [-0.2, 0) is 9.47 Å². The summed E-state index contributed by atoms with van der Waals surface area (Å²) in [5.74, 6) is 0.925. The Labute approximate surface area is 273 Å². The lowest BCUT2D eigenvalue weighted by atomic mass is 9.32. The summed E-state index contributed by atoms with van der Waals surface area (Å²) in [7, 11) is 1.62. The van der Waals surface area contributed by atoms with Crippen molar-refractivity contribution >= 4 is 11.9 Å². The predicted molar refractivity (Wildman–Crippen MR) is 173 cm³/mol. The minimum atomic E-state index is -1.15. The second kappa shape index (κ2) is 11.2. The number of methoxy groups -OCH3 is 1. The summed E-state index contributed by atoms with van der Waals surface area (Å²) in [4.78, 5) is 29.7. The zero-order chi connectivity index (χ0) is 32.5. The number of hydrogen-bond donors (Lipinski definition) is 2. The van der Waals surface area contributed by atoms with E-state index in [1.807, 2.05) is 24.3 Å². The summed E-state index contributed by atoms with van der Waals surface area (Å²) >= 11 is 0. The number of fused-ring (bicyclic) bond motifs is 1. The molecule has 46 heavy (non-hydrogen) atoms. The molecule has 0 aromatic heterocycles. The first-order valence-corrected chi connectivity index (χ1v) is 17.5. The highest BCUT2D eigenvalue weighted by Crippen LogP contribution is 2.78. The van der Waals surface area contributed by atoms with Gasteiger partial charge in [-0.1, -0.05) is 32.1 Å². The summed E-state index contributed by atoms with van der Waals surface area (Å²) in [5.41, 5.74) is -1.31. The van der Waals surface area contributed by atoms with Crippen LogP contribution in [0.15, 0.2) is 48.1 Å². The summed E-state index contributed by atoms with van der Waals surface area (Å²) in [5, 5.41) is 23.7. The van der Waals surface area contributed by atoms with Crippen molar-refractivity contribution in [3.63, 3.8) is 0 Å². The fraction of sp³-hybridized carbons (Fsp3) is 0.684. The van der Waals surface area contributed by atoms with Gasteiger partial charge in [-0.05, 0) is 106 Å². The lowest BCUT2D eigenvalue weighted by molar-refractivity contribution is -0.175. The minimum absolute atomic E-state index is 0.00204. The number of ketones is 1. The number of carbonyl (C=O) groups is 2. The van der Waals surface area contributed by atoms with Crippen molar-refractivity contribution < 1.29 is 34.0 Å². The van der Waals surface area contributed by atoms with Crippen molar-refractivity contribution in [1.82, 2.24) is 4.90 Å². The summed E-state index contributed by atoms with van der Waals surface area (Å²) in [6.45, 7) is 7.95. The molecule has 1 aromatic carbocycles. The van der Waals surface area contributed by atoms with E-state index in [1.165, 1.54) is 0 Å². The lowest BCUT2D eigenvalue weighted by Crippen LogP contribution is -2.67. The van der Waals surface area contributed by atoms with E-state index in [4.69, 9.17) is 14.2 Å². The van der Waals surface area contributed by atoms with Crippen LogP contribution in [0.4, 0.5) is 4.79 Å². The maximum atomic E-state index is 14.7. The van der Waals surface area contributed by atoms with Crippen molar-refractivity contribution in [2.75, 3.05) is 33.4 Å². The molecule has 9 atom stereocenters. The van der Waals surface area contributed by atoms with Gasteiger partial charge in [0.2, 0.25) is 0 Å². The summed E-state index contributed by atoms with van der Waals surface area (Å²) < 4.78 is 16.8. The van der Waals surface area contributed by atoms with Crippen LogP contribution in [0.2, 0.25) is 0 Å². The lowest BCUT2D eigenvalue weighted by Gasteiger charge is -2.71. The van der Waals surface area contributed by atoms with Crippen LogP contribution >= 0.6 is 0 Å². The quantitative estimate of drug-likeness (QED) is 0.263. The topological polar surface area (TPSA) is 106 Å². The number of benzene rings is 1. The van der Waals surface area contributed by atoms with Crippen molar-refractivity contribution in [2.45, 2.75) is 96.4 Å². The number of carbonyl (C=O) groups excluding carboxylic acids is 2. The molecule has 2 spiro atoms. The average molecular weight is 634 g/mol. The summed E-state index contributed by atoms with van der Waals surface area (Å²) in [6.07, 6.45) is 13.1. The molecule has 8 heteroatoms. The molecule has 1 heterocycles. The van der Waals surface area contributed by atoms with Gasteiger partial charge in [0, 0.05) is 34.0 Å². The average Bonchev–Trinajstić information content (AvgIpc) is 3.66. The van der Waals surface area contributed by atoms with Gasteiger partial charge in [-0.25, -0.2) is 4.79 Å². The number of Topliss-reactive ketones (excluding diaryl/α,β-unsaturated/α-hetero) is 1. The number of hydrogen-bond acceptors (Lipinski definition) is 7. The standard InChI is InChI=1S/C38H51NO7/c1-5-45-33(42)39(23-28-7-6-20-46-28)24-37(43)17-14-31-35(37,3)16-13-30-34(2)15-12-26(40)21-36(34)18-19-38(30,31)29(22-36)32(41)25-8-10-27(44-4)11-9-25/h8-11,18-19,22,26,28,30-31,40,43H,5-7,12-17,20-21,23-24H2,1-4H3/t26?,28-,30-,31-,34-,35+,36+,37-,38-/m1/s1. The molecule has 250 valence electrons. The second-order valence-electron chi connectivity index (χ2n) is 15.6. The monoisotopic (exact) mass is 633 g/mol. The van der Waals surface area contributed by atoms with Crippen LogP contribution in [0.1, 0.15) is 88.9 Å². The zero-order valence-electron chi connectivity index (χ0n) is 27.9. The number of rotatable bonds is 8. The van der Waals surface area contributed by atoms with E-state index >= 15 is 0 Å². The molecule has 1 aromatic rings. The van der Waals surface area contributed by atoms with E-state index in [9.17, 15) is 19.8 Å². The third kappa shape index (κ3) is 4.42. The molecule has 6 aliphatic carbocycles. The van der Waals surface area contributed by atoms with Crippen molar-refractivity contribution in [1.29, 1.82) is 0 Å². The van der Waals surface area contributed by atoms with Crippen molar-refractivity contribution in [3.8, 4) is 5.75 Å². The van der Waals surface area contributed by atoms with Gasteiger partial charge in [0.05, 0.1) is 44.6 Å².